The fourth-order valence-electron chi connectivity index (χ4n) is 10.7. The van der Waals surface area contributed by atoms with Crippen molar-refractivity contribution in [1.29, 1.82) is 0 Å². The van der Waals surface area contributed by atoms with Crippen molar-refractivity contribution >= 4 is 90.4 Å². The number of hydrogen-bond donors (Lipinski definition) is 8. The number of halogens is 1. The number of nitrogens with zero attached hydrogens (tertiary/aromatic N) is 6. The highest BCUT2D eigenvalue weighted by Gasteiger charge is 2.64. The van der Waals surface area contributed by atoms with Crippen molar-refractivity contribution in [3.8, 4) is 17.2 Å². The molecule has 3 saturated heterocycles. The number of rotatable bonds is 24. The van der Waals surface area contributed by atoms with Crippen LogP contribution in [0, 0.1) is 20.8 Å². The van der Waals surface area contributed by atoms with Crippen LogP contribution in [-0.2, 0) is 47.2 Å². The molecule has 9 rings (SSSR count). The molecule has 0 radical (unpaired) electrons. The number of nitrogens with one attached hydrogen (secondary N) is 3. The van der Waals surface area contributed by atoms with Gasteiger partial charge in [-0.05, 0) is 181 Å². The molecule has 0 bridgehead atoms. The van der Waals surface area contributed by atoms with Gasteiger partial charge in [0.25, 0.3) is 0 Å². The van der Waals surface area contributed by atoms with Crippen molar-refractivity contribution in [2.75, 3.05) is 74.1 Å². The molecule has 528 valence electrons. The summed E-state index contributed by atoms with van der Waals surface area (Å²) in [6, 6.07) is 17.1. The minimum atomic E-state index is -1.53. The Bertz CT molecular complexity index is 3510. The second-order valence-electron chi connectivity index (χ2n) is 27.7. The van der Waals surface area contributed by atoms with Gasteiger partial charge in [-0.15, -0.1) is 0 Å². The van der Waals surface area contributed by atoms with Gasteiger partial charge < -0.3 is 85.3 Å². The van der Waals surface area contributed by atoms with Gasteiger partial charge in [0, 0.05) is 77.1 Å². The number of nitrogen functional groups attached to an aromatic ring is 3. The lowest BCUT2D eigenvalue weighted by Crippen LogP contribution is -2.41. The fraction of sp³-hybridized carbons (Fsp3) is 0.565. The van der Waals surface area contributed by atoms with Crippen LogP contribution in [0.3, 0.4) is 0 Å². The summed E-state index contributed by atoms with van der Waals surface area (Å²) >= 11 is 3.52. The van der Waals surface area contributed by atoms with E-state index >= 15 is 0 Å². The molecule has 3 fully saturated rings. The number of aryl methyl sites for hydroxylation is 3. The summed E-state index contributed by atoms with van der Waals surface area (Å²) in [5, 5.41) is 29.0. The number of benzene rings is 3. The van der Waals surface area contributed by atoms with Crippen LogP contribution in [0.1, 0.15) is 193 Å². The smallest absolute Gasteiger partial charge is 0.494 e. The van der Waals surface area contributed by atoms with E-state index in [0.29, 0.717) is 42.2 Å². The normalized spacial score (nSPS) is 16.6. The zero-order valence-corrected chi connectivity index (χ0v) is 62.9. The molecule has 28 heteroatoms. The highest BCUT2D eigenvalue weighted by atomic mass is 79.9. The molecule has 0 saturated carbocycles. The first kappa shape index (κ1) is 79.5. The van der Waals surface area contributed by atoms with Gasteiger partial charge in [-0.3, -0.25) is 0 Å². The van der Waals surface area contributed by atoms with Crippen molar-refractivity contribution in [2.45, 2.75) is 216 Å². The monoisotopic (exact) mass is 1400 g/mol. The predicted molar refractivity (Wildman–Crippen MR) is 397 cm³/mol. The van der Waals surface area contributed by atoms with E-state index in [2.05, 4.69) is 122 Å². The Morgan fingerprint density at radius 3 is 1.09 bits per heavy atom. The van der Waals surface area contributed by atoms with Crippen molar-refractivity contribution in [2.24, 2.45) is 0 Å². The zero-order chi connectivity index (χ0) is 72.0. The van der Waals surface area contributed by atoms with Crippen LogP contribution in [0.2, 0.25) is 0 Å². The zero-order valence-electron chi connectivity index (χ0n) is 61.4. The van der Waals surface area contributed by atoms with Crippen LogP contribution in [0.5, 0.6) is 17.2 Å². The van der Waals surface area contributed by atoms with E-state index in [1.54, 1.807) is 39.5 Å². The van der Waals surface area contributed by atoms with Crippen LogP contribution < -0.4 is 58.3 Å². The van der Waals surface area contributed by atoms with E-state index in [9.17, 15) is 10.0 Å². The molecule has 3 aliphatic heterocycles. The highest BCUT2D eigenvalue weighted by molar-refractivity contribution is 9.10. The van der Waals surface area contributed by atoms with E-state index in [1.165, 1.54) is 0 Å². The molecule has 0 atom stereocenters. The lowest BCUT2D eigenvalue weighted by atomic mass is 9.49. The molecule has 0 spiro atoms. The van der Waals surface area contributed by atoms with Gasteiger partial charge in [0.05, 0.1) is 54.9 Å². The Balaban J connectivity index is 0.000000208. The van der Waals surface area contributed by atoms with Crippen LogP contribution in [-0.4, -0.2) is 143 Å². The molecule has 3 aromatic carbocycles. The highest BCUT2D eigenvalue weighted by Crippen LogP contribution is 2.44. The third-order valence-corrected chi connectivity index (χ3v) is 19.2. The summed E-state index contributed by atoms with van der Waals surface area (Å²) in [5.41, 5.74) is 25.1. The molecule has 3 aromatic heterocycles. The van der Waals surface area contributed by atoms with Crippen LogP contribution in [0.25, 0.3) is 0 Å². The molecule has 0 amide bonds. The maximum absolute atomic E-state index is 9.43. The maximum atomic E-state index is 9.43. The fourth-order valence-corrected chi connectivity index (χ4v) is 11.1. The molecular weight excluding hydrogens is 1300 g/mol. The largest absolute Gasteiger partial charge is 0.496 e. The summed E-state index contributed by atoms with van der Waals surface area (Å²) in [5.74, 6) is 5.42. The lowest BCUT2D eigenvalue weighted by molar-refractivity contribution is 0.00578. The average molecular weight is 1400 g/mol. The summed E-state index contributed by atoms with van der Waals surface area (Å²) < 4.78 is 53.9. The van der Waals surface area contributed by atoms with E-state index in [-0.39, 0.29) is 34.3 Å². The molecule has 11 N–H and O–H groups in total. The molecule has 0 unspecified atom stereocenters. The predicted octanol–water partition coefficient (Wildman–Crippen LogP) is 10.5. The van der Waals surface area contributed by atoms with Crippen LogP contribution >= 0.6 is 15.9 Å². The van der Waals surface area contributed by atoms with Gasteiger partial charge in [0.1, 0.15) is 34.7 Å². The first-order chi connectivity index (χ1) is 45.5. The molecular formula is C69H107B4BrN12O11. The number of unbranched alkanes of at least 4 members (excludes halogenated alkanes) is 3. The second-order valence-corrected chi connectivity index (χ2v) is 28.6. The Kier molecular flexibility index (Phi) is 27.9. The van der Waals surface area contributed by atoms with Crippen molar-refractivity contribution in [3.63, 3.8) is 0 Å². The third kappa shape index (κ3) is 20.6. The number of hydrogen-bond acceptors (Lipinski definition) is 23. The number of anilines is 6. The number of nitrogens with two attached hydrogens (primary N) is 3. The molecule has 23 nitrogen and oxygen atoms in total. The van der Waals surface area contributed by atoms with Gasteiger partial charge in [-0.1, -0.05) is 80.2 Å². The summed E-state index contributed by atoms with van der Waals surface area (Å²) in [4.78, 5) is 26.1. The molecule has 3 aliphatic rings. The Morgan fingerprint density at radius 2 is 0.763 bits per heavy atom. The van der Waals surface area contributed by atoms with Gasteiger partial charge in [0.15, 0.2) is 0 Å². The second kappa shape index (κ2) is 34.1. The Hall–Kier alpha value is -6.48. The van der Waals surface area contributed by atoms with Gasteiger partial charge >= 0.3 is 28.3 Å². The quantitative estimate of drug-likeness (QED) is 0.0206. The summed E-state index contributed by atoms with van der Waals surface area (Å²) in [6.07, 6.45) is 8.26. The summed E-state index contributed by atoms with van der Waals surface area (Å²) in [7, 11) is 2.03. The Morgan fingerprint density at radius 1 is 0.454 bits per heavy atom. The number of ether oxygens (including phenoxy) is 3. The third-order valence-electron chi connectivity index (χ3n) is 18.7. The topological polar surface area (TPSA) is 315 Å². The van der Waals surface area contributed by atoms with Crippen LogP contribution in [0.15, 0.2) is 59.1 Å². The molecule has 97 heavy (non-hydrogen) atoms. The van der Waals surface area contributed by atoms with Gasteiger partial charge in [-0.2, -0.15) is 15.0 Å². The average Bonchev–Trinajstić information content (AvgIpc) is 1.61. The lowest BCUT2D eigenvalue weighted by Gasteiger charge is -2.32. The van der Waals surface area contributed by atoms with E-state index in [1.807, 2.05) is 100 Å². The first-order valence-electron chi connectivity index (χ1n) is 33.7. The minimum absolute atomic E-state index is 0.228. The van der Waals surface area contributed by atoms with Gasteiger partial charge in [-0.25, -0.2) is 15.0 Å². The minimum Gasteiger partial charge on any atom is -0.496 e. The number of aromatic nitrogens is 6. The maximum Gasteiger partial charge on any atom is 0.494 e. The van der Waals surface area contributed by atoms with Crippen molar-refractivity contribution in [1.82, 2.24) is 29.9 Å². The molecule has 6 heterocycles. The molecule has 6 aromatic rings. The van der Waals surface area contributed by atoms with E-state index in [4.69, 9.17) is 59.3 Å². The van der Waals surface area contributed by atoms with E-state index in [0.717, 1.165) is 142 Å². The Labute approximate surface area is 586 Å². The van der Waals surface area contributed by atoms with Gasteiger partial charge in [0.2, 0.25) is 17.8 Å². The first-order valence-corrected chi connectivity index (χ1v) is 34.5. The number of methoxy groups -OCH3 is 3. The molecule has 0 aliphatic carbocycles. The van der Waals surface area contributed by atoms with Crippen molar-refractivity contribution in [3.05, 3.63) is 110 Å². The standard InChI is InChI=1S/C23H35BN4O3.C17H25BN4O3.C17H23BrN4O.C12H24B2O4/c1-8-9-12-26-20-18(15(2)27-21(25)28-20)14-16-13-17(10-11-19(16)29-7)24-30-22(3,4)23(5,6)31-24;1-4-5-8-20-16-14(11(2)21-17(19)22-16)10-12-9-13(18(23)24)6-7-15(12)25-3;1-4-5-8-20-16-14(11(2)21-17(19)22-16)10-12-9-13(18)6-7-15(12)23-3;1-9(2)10(3,4)16-13(15-9)14-17-11(5,6)12(7,8)18-14/h10-11,13H,8-9,12,14H2,1-7H3,(H3,25,26,27,28);6-7,9,23-24H,4-5,8,10H2,1-3H3,(H3,19,20,21,22);6-7,9H,4-5,8,10H2,1-3H3,(H3,19,20,21,22);1-8H3. The SMILES string of the molecule is CC1(C)OB(B2OC(C)(C)C(C)(C)O2)OC1(C)C.CCCCNc1nc(N)nc(C)c1Cc1cc(B(O)O)ccc1OC.CCCCNc1nc(N)nc(C)c1Cc1cc(B2OC(C)(C)C(C)(C)O2)ccc1OC.CCCCNc1nc(N)nc(C)c1Cc1cc(Br)ccc1OC. The van der Waals surface area contributed by atoms with E-state index < -0.39 is 39.5 Å². The summed E-state index contributed by atoms with van der Waals surface area (Å²) in [6.45, 7) is 39.2. The van der Waals surface area contributed by atoms with Crippen LogP contribution in [0.4, 0.5) is 35.3 Å². The van der Waals surface area contributed by atoms with Crippen molar-refractivity contribution < 1.29 is 52.2 Å².